The lowest BCUT2D eigenvalue weighted by Crippen LogP contribution is -2.23. The van der Waals surface area contributed by atoms with Gasteiger partial charge >= 0.3 is 0 Å². The number of rotatable bonds is 6. The summed E-state index contributed by atoms with van der Waals surface area (Å²) >= 11 is 1.88. The summed E-state index contributed by atoms with van der Waals surface area (Å²) in [5.74, 6) is 0. The first-order valence-electron chi connectivity index (χ1n) is 9.15. The molecule has 0 radical (unpaired) electrons. The van der Waals surface area contributed by atoms with Crippen molar-refractivity contribution in [1.29, 1.82) is 0 Å². The van der Waals surface area contributed by atoms with E-state index < -0.39 is 0 Å². The van der Waals surface area contributed by atoms with Crippen LogP contribution in [0.1, 0.15) is 33.3 Å². The molecule has 0 unspecified atom stereocenters. The highest BCUT2D eigenvalue weighted by Crippen LogP contribution is 2.19. The van der Waals surface area contributed by atoms with E-state index >= 15 is 0 Å². The van der Waals surface area contributed by atoms with E-state index in [4.69, 9.17) is 5.10 Å². The van der Waals surface area contributed by atoms with Gasteiger partial charge in [0.15, 0.2) is 0 Å². The van der Waals surface area contributed by atoms with E-state index in [2.05, 4.69) is 56.6 Å². The van der Waals surface area contributed by atoms with Gasteiger partial charge in [0.2, 0.25) is 0 Å². The Morgan fingerprint density at radius 1 is 1.27 bits per heavy atom. The van der Waals surface area contributed by atoms with Gasteiger partial charge in [-0.25, -0.2) is 4.98 Å². The number of imidazole rings is 1. The summed E-state index contributed by atoms with van der Waals surface area (Å²) in [5.41, 5.74) is 3.65. The van der Waals surface area contributed by atoms with Crippen LogP contribution in [-0.4, -0.2) is 43.1 Å². The van der Waals surface area contributed by atoms with Crippen molar-refractivity contribution in [3.63, 3.8) is 0 Å². The molecular formula is C19H26N6S. The van der Waals surface area contributed by atoms with E-state index in [9.17, 15) is 0 Å². The second kappa shape index (κ2) is 7.73. The Balaban J connectivity index is 1.39. The largest absolute Gasteiger partial charge is 0.347 e. The average molecular weight is 371 g/mol. The second-order valence-electron chi connectivity index (χ2n) is 7.18. The summed E-state index contributed by atoms with van der Waals surface area (Å²) in [6.07, 6.45) is 4.79. The van der Waals surface area contributed by atoms with Crippen molar-refractivity contribution in [3.8, 4) is 0 Å². The third-order valence-corrected chi connectivity index (χ3v) is 5.73. The minimum Gasteiger partial charge on any atom is -0.347 e. The van der Waals surface area contributed by atoms with Crippen molar-refractivity contribution >= 4 is 11.3 Å². The van der Waals surface area contributed by atoms with Crippen molar-refractivity contribution in [2.75, 3.05) is 13.6 Å². The molecule has 7 heteroatoms. The van der Waals surface area contributed by atoms with Gasteiger partial charge in [-0.2, -0.15) is 5.10 Å². The Morgan fingerprint density at radius 2 is 2.19 bits per heavy atom. The summed E-state index contributed by atoms with van der Waals surface area (Å²) in [4.78, 5) is 14.9. The highest BCUT2D eigenvalue weighted by atomic mass is 32.1. The Hall–Kier alpha value is -1.96. The Morgan fingerprint density at radius 3 is 2.96 bits per heavy atom. The quantitative estimate of drug-likeness (QED) is 0.725. The maximum Gasteiger partial charge on any atom is 0.0922 e. The van der Waals surface area contributed by atoms with E-state index in [1.165, 1.54) is 26.8 Å². The first-order valence-corrected chi connectivity index (χ1v) is 9.96. The van der Waals surface area contributed by atoms with Gasteiger partial charge in [-0.15, -0.1) is 11.3 Å². The molecule has 138 valence electrons. The summed E-state index contributed by atoms with van der Waals surface area (Å²) in [5, 5.41) is 4.86. The van der Waals surface area contributed by atoms with Gasteiger partial charge in [-0.1, -0.05) is 0 Å². The fourth-order valence-electron chi connectivity index (χ4n) is 3.58. The molecule has 4 rings (SSSR count). The molecule has 0 spiro atoms. The number of fused-ring (bicyclic) bond motifs is 1. The van der Waals surface area contributed by atoms with Crippen LogP contribution in [0.3, 0.4) is 0 Å². The molecule has 1 aliphatic rings. The Kier molecular flexibility index (Phi) is 5.19. The zero-order valence-corrected chi connectivity index (χ0v) is 16.3. The van der Waals surface area contributed by atoms with E-state index in [-0.39, 0.29) is 0 Å². The number of hydrogen-bond donors (Lipinski definition) is 1. The van der Waals surface area contributed by atoms with Gasteiger partial charge in [0.05, 0.1) is 17.7 Å². The number of H-pyrrole nitrogens is 1. The van der Waals surface area contributed by atoms with Crippen LogP contribution in [0.5, 0.6) is 0 Å². The molecular weight excluding hydrogens is 344 g/mol. The predicted molar refractivity (Wildman–Crippen MR) is 104 cm³/mol. The van der Waals surface area contributed by atoms with Crippen molar-refractivity contribution in [2.45, 2.75) is 46.1 Å². The van der Waals surface area contributed by atoms with Crippen LogP contribution in [0, 0.1) is 6.92 Å². The molecule has 0 aliphatic carbocycles. The van der Waals surface area contributed by atoms with Crippen LogP contribution in [-0.2, 0) is 32.7 Å². The molecule has 4 heterocycles. The fourth-order valence-corrected chi connectivity index (χ4v) is 4.55. The van der Waals surface area contributed by atoms with Crippen molar-refractivity contribution in [3.05, 3.63) is 57.6 Å². The van der Waals surface area contributed by atoms with Gasteiger partial charge in [0.25, 0.3) is 0 Å². The molecule has 0 saturated heterocycles. The molecule has 3 aromatic rings. The standard InChI is InChI=1S/C19H26N6S/c1-15-4-5-19(26-15)13-23(2)10-16-8-18-12-24(6-3-7-25(18)22-16)11-17-9-20-14-21-17/h4-5,8-9,14H,3,6-7,10-13H2,1-2H3,(H,20,21). The number of nitrogens with zero attached hydrogens (tertiary/aromatic N) is 5. The third kappa shape index (κ3) is 4.23. The van der Waals surface area contributed by atoms with Gasteiger partial charge in [-0.05, 0) is 38.6 Å². The smallest absolute Gasteiger partial charge is 0.0922 e. The highest BCUT2D eigenvalue weighted by Gasteiger charge is 2.18. The van der Waals surface area contributed by atoms with Crippen molar-refractivity contribution in [2.24, 2.45) is 0 Å². The number of aromatic amines is 1. The minimum absolute atomic E-state index is 0.886. The number of aromatic nitrogens is 4. The Bertz CT molecular complexity index is 834. The highest BCUT2D eigenvalue weighted by molar-refractivity contribution is 7.11. The lowest BCUT2D eigenvalue weighted by molar-refractivity contribution is 0.258. The number of nitrogens with one attached hydrogen (secondary N) is 1. The lowest BCUT2D eigenvalue weighted by atomic mass is 10.3. The SMILES string of the molecule is Cc1ccc(CN(C)Cc2cc3n(n2)CCCN(Cc2cnc[nH]2)C3)s1. The zero-order valence-electron chi connectivity index (χ0n) is 15.5. The number of hydrogen-bond acceptors (Lipinski definition) is 5. The second-order valence-corrected chi connectivity index (χ2v) is 8.55. The molecule has 1 N–H and O–H groups in total. The first kappa shape index (κ1) is 17.5. The first-order chi connectivity index (χ1) is 12.7. The van der Waals surface area contributed by atoms with Gasteiger partial charge in [-0.3, -0.25) is 14.5 Å². The monoisotopic (exact) mass is 370 g/mol. The van der Waals surface area contributed by atoms with Crippen molar-refractivity contribution in [1.82, 2.24) is 29.5 Å². The zero-order chi connectivity index (χ0) is 17.9. The van der Waals surface area contributed by atoms with Crippen LogP contribution in [0.4, 0.5) is 0 Å². The molecule has 0 aromatic carbocycles. The molecule has 26 heavy (non-hydrogen) atoms. The Labute approximate surface area is 158 Å². The van der Waals surface area contributed by atoms with Crippen LogP contribution in [0.15, 0.2) is 30.7 Å². The molecule has 6 nitrogen and oxygen atoms in total. The summed E-state index contributed by atoms with van der Waals surface area (Å²) in [6, 6.07) is 6.70. The molecule has 1 aliphatic heterocycles. The lowest BCUT2D eigenvalue weighted by Gasteiger charge is -2.18. The number of thiophene rings is 1. The van der Waals surface area contributed by atoms with Crippen molar-refractivity contribution < 1.29 is 0 Å². The van der Waals surface area contributed by atoms with Crippen LogP contribution >= 0.6 is 11.3 Å². The van der Waals surface area contributed by atoms with E-state index in [0.717, 1.165) is 45.7 Å². The molecule has 0 atom stereocenters. The maximum atomic E-state index is 4.86. The summed E-state index contributed by atoms with van der Waals surface area (Å²) < 4.78 is 2.20. The van der Waals surface area contributed by atoms with Crippen LogP contribution in [0.25, 0.3) is 0 Å². The van der Waals surface area contributed by atoms with Crippen LogP contribution in [0.2, 0.25) is 0 Å². The van der Waals surface area contributed by atoms with E-state index in [0.29, 0.717) is 0 Å². The summed E-state index contributed by atoms with van der Waals surface area (Å²) in [7, 11) is 2.17. The number of aryl methyl sites for hydroxylation is 2. The van der Waals surface area contributed by atoms with E-state index in [1.54, 1.807) is 6.33 Å². The average Bonchev–Trinajstić information content (AvgIpc) is 3.29. The van der Waals surface area contributed by atoms with E-state index in [1.807, 2.05) is 17.5 Å². The predicted octanol–water partition coefficient (Wildman–Crippen LogP) is 3.01. The van der Waals surface area contributed by atoms with Gasteiger partial charge in [0, 0.05) is 60.9 Å². The van der Waals surface area contributed by atoms with Crippen LogP contribution < -0.4 is 0 Å². The molecule has 0 saturated carbocycles. The molecule has 0 amide bonds. The minimum atomic E-state index is 0.886. The maximum absolute atomic E-state index is 4.86. The molecule has 0 bridgehead atoms. The topological polar surface area (TPSA) is 53.0 Å². The normalized spacial score (nSPS) is 15.3. The third-order valence-electron chi connectivity index (χ3n) is 4.75. The molecule has 0 fully saturated rings. The van der Waals surface area contributed by atoms with Gasteiger partial charge in [0.1, 0.15) is 0 Å². The fraction of sp³-hybridized carbons (Fsp3) is 0.474. The summed E-state index contributed by atoms with van der Waals surface area (Å²) in [6.45, 7) is 7.98. The molecule has 3 aromatic heterocycles. The van der Waals surface area contributed by atoms with Gasteiger partial charge < -0.3 is 4.98 Å².